The SMILES string of the molecule is COc1ccc(-c2cc(C(=O)N3CCOCC3)nn2-c2cccnc2)nn1. The molecule has 0 radical (unpaired) electrons. The summed E-state index contributed by atoms with van der Waals surface area (Å²) in [7, 11) is 1.53. The lowest BCUT2D eigenvalue weighted by atomic mass is 10.2. The Morgan fingerprint density at radius 1 is 1.19 bits per heavy atom. The normalized spacial score (nSPS) is 14.2. The van der Waals surface area contributed by atoms with Crippen molar-refractivity contribution < 1.29 is 14.3 Å². The molecule has 0 atom stereocenters. The zero-order valence-electron chi connectivity index (χ0n) is 14.8. The van der Waals surface area contributed by atoms with Crippen molar-refractivity contribution in [3.8, 4) is 23.0 Å². The van der Waals surface area contributed by atoms with Crippen molar-refractivity contribution in [3.63, 3.8) is 0 Å². The van der Waals surface area contributed by atoms with E-state index in [-0.39, 0.29) is 5.91 Å². The van der Waals surface area contributed by atoms with Crippen molar-refractivity contribution >= 4 is 5.91 Å². The number of rotatable bonds is 4. The van der Waals surface area contributed by atoms with E-state index in [2.05, 4.69) is 20.3 Å². The van der Waals surface area contributed by atoms with Crippen molar-refractivity contribution in [1.82, 2.24) is 29.9 Å². The number of morpholine rings is 1. The minimum absolute atomic E-state index is 0.135. The molecule has 4 rings (SSSR count). The Morgan fingerprint density at radius 2 is 2.04 bits per heavy atom. The average Bonchev–Trinajstić information content (AvgIpc) is 3.20. The van der Waals surface area contributed by atoms with E-state index in [4.69, 9.17) is 9.47 Å². The molecule has 0 saturated carbocycles. The number of carbonyl (C=O) groups excluding carboxylic acids is 1. The maximum absolute atomic E-state index is 12.9. The third-order valence-corrected chi connectivity index (χ3v) is 4.23. The Bertz CT molecular complexity index is 920. The van der Waals surface area contributed by atoms with Crippen molar-refractivity contribution in [2.45, 2.75) is 0 Å². The first-order valence-electron chi connectivity index (χ1n) is 8.52. The maximum Gasteiger partial charge on any atom is 0.274 e. The van der Waals surface area contributed by atoms with E-state index in [1.165, 1.54) is 7.11 Å². The van der Waals surface area contributed by atoms with Gasteiger partial charge in [0.2, 0.25) is 5.88 Å². The highest BCUT2D eigenvalue weighted by molar-refractivity contribution is 5.93. The first-order chi connectivity index (χ1) is 13.3. The van der Waals surface area contributed by atoms with Gasteiger partial charge < -0.3 is 14.4 Å². The number of hydrogen-bond donors (Lipinski definition) is 0. The van der Waals surface area contributed by atoms with Crippen LogP contribution in [0.4, 0.5) is 0 Å². The van der Waals surface area contributed by atoms with Crippen LogP contribution in [0.2, 0.25) is 0 Å². The third-order valence-electron chi connectivity index (χ3n) is 4.23. The first-order valence-corrected chi connectivity index (χ1v) is 8.52. The summed E-state index contributed by atoms with van der Waals surface area (Å²) < 4.78 is 12.0. The molecule has 0 unspecified atom stereocenters. The Kier molecular flexibility index (Phi) is 4.75. The van der Waals surface area contributed by atoms with Crippen molar-refractivity contribution in [3.05, 3.63) is 48.4 Å². The van der Waals surface area contributed by atoms with Crippen LogP contribution < -0.4 is 4.74 Å². The number of pyridine rings is 1. The molecule has 0 bridgehead atoms. The number of aromatic nitrogens is 5. The molecule has 1 fully saturated rings. The standard InChI is InChI=1S/C18H18N6O3/c1-26-17-5-4-14(20-21-17)16-11-15(18(25)23-7-9-27-10-8-23)22-24(16)13-3-2-6-19-12-13/h2-6,11-12H,7-10H2,1H3. The smallest absolute Gasteiger partial charge is 0.274 e. The Labute approximate surface area is 155 Å². The minimum Gasteiger partial charge on any atom is -0.480 e. The lowest BCUT2D eigenvalue weighted by Gasteiger charge is -2.25. The van der Waals surface area contributed by atoms with Gasteiger partial charge in [-0.15, -0.1) is 10.2 Å². The topological polar surface area (TPSA) is 95.3 Å². The zero-order valence-corrected chi connectivity index (χ0v) is 14.8. The molecular formula is C18H18N6O3. The number of amides is 1. The molecular weight excluding hydrogens is 348 g/mol. The summed E-state index contributed by atoms with van der Waals surface area (Å²) in [5, 5.41) is 12.7. The molecule has 3 aromatic rings. The Balaban J connectivity index is 1.75. The van der Waals surface area contributed by atoms with Crippen LogP contribution in [-0.2, 0) is 4.74 Å². The van der Waals surface area contributed by atoms with Crippen molar-refractivity contribution in [1.29, 1.82) is 0 Å². The van der Waals surface area contributed by atoms with Crippen LogP contribution in [0.25, 0.3) is 17.1 Å². The summed E-state index contributed by atoms with van der Waals surface area (Å²) in [6, 6.07) is 8.89. The van der Waals surface area contributed by atoms with Gasteiger partial charge in [0.25, 0.3) is 5.91 Å². The summed E-state index contributed by atoms with van der Waals surface area (Å²) in [5.74, 6) is 0.277. The van der Waals surface area contributed by atoms with E-state index >= 15 is 0 Å². The lowest BCUT2D eigenvalue weighted by Crippen LogP contribution is -2.40. The van der Waals surface area contributed by atoms with Crippen LogP contribution in [-0.4, -0.2) is 69.2 Å². The van der Waals surface area contributed by atoms with Crippen molar-refractivity contribution in [2.75, 3.05) is 33.4 Å². The Morgan fingerprint density at radius 3 is 2.70 bits per heavy atom. The van der Waals surface area contributed by atoms with E-state index in [1.807, 2.05) is 12.1 Å². The van der Waals surface area contributed by atoms with Crippen LogP contribution >= 0.6 is 0 Å². The molecule has 4 heterocycles. The molecule has 3 aromatic heterocycles. The molecule has 1 amide bonds. The molecule has 0 N–H and O–H groups in total. The molecule has 1 aliphatic heterocycles. The predicted octanol–water partition coefficient (Wildman–Crippen LogP) is 1.21. The quantitative estimate of drug-likeness (QED) is 0.685. The van der Waals surface area contributed by atoms with Crippen LogP contribution in [0.5, 0.6) is 5.88 Å². The summed E-state index contributed by atoms with van der Waals surface area (Å²) in [5.41, 5.74) is 2.29. The molecule has 0 aliphatic carbocycles. The van der Waals surface area contributed by atoms with Gasteiger partial charge >= 0.3 is 0 Å². The second-order valence-corrected chi connectivity index (χ2v) is 5.90. The van der Waals surface area contributed by atoms with Crippen LogP contribution in [0.15, 0.2) is 42.7 Å². The molecule has 1 aliphatic rings. The highest BCUT2D eigenvalue weighted by Crippen LogP contribution is 2.23. The van der Waals surface area contributed by atoms with Crippen LogP contribution in [0.1, 0.15) is 10.5 Å². The van der Waals surface area contributed by atoms with Gasteiger partial charge in [-0.25, -0.2) is 4.68 Å². The van der Waals surface area contributed by atoms with Gasteiger partial charge in [0.15, 0.2) is 5.69 Å². The highest BCUT2D eigenvalue weighted by atomic mass is 16.5. The number of nitrogens with zero attached hydrogens (tertiary/aromatic N) is 6. The summed E-state index contributed by atoms with van der Waals surface area (Å²) in [4.78, 5) is 18.7. The van der Waals surface area contributed by atoms with Crippen LogP contribution in [0.3, 0.4) is 0 Å². The minimum atomic E-state index is -0.135. The van der Waals surface area contributed by atoms with E-state index in [0.717, 1.165) is 5.69 Å². The molecule has 9 heteroatoms. The van der Waals surface area contributed by atoms with E-state index < -0.39 is 0 Å². The lowest BCUT2D eigenvalue weighted by molar-refractivity contribution is 0.0298. The maximum atomic E-state index is 12.9. The van der Waals surface area contributed by atoms with Gasteiger partial charge in [-0.1, -0.05) is 0 Å². The molecule has 0 spiro atoms. The molecule has 9 nitrogen and oxygen atoms in total. The van der Waals surface area contributed by atoms with Gasteiger partial charge in [0, 0.05) is 25.4 Å². The molecule has 0 aromatic carbocycles. The number of ether oxygens (including phenoxy) is 2. The largest absolute Gasteiger partial charge is 0.480 e. The summed E-state index contributed by atoms with van der Waals surface area (Å²) in [6.07, 6.45) is 3.36. The predicted molar refractivity (Wildman–Crippen MR) is 95.7 cm³/mol. The second kappa shape index (κ2) is 7.50. The molecule has 138 valence electrons. The van der Waals surface area contributed by atoms with E-state index in [0.29, 0.717) is 49.3 Å². The number of hydrogen-bond acceptors (Lipinski definition) is 7. The fourth-order valence-corrected chi connectivity index (χ4v) is 2.84. The molecule has 27 heavy (non-hydrogen) atoms. The average molecular weight is 366 g/mol. The highest BCUT2D eigenvalue weighted by Gasteiger charge is 2.24. The van der Waals surface area contributed by atoms with Gasteiger partial charge in [0.05, 0.1) is 37.9 Å². The summed E-state index contributed by atoms with van der Waals surface area (Å²) in [6.45, 7) is 2.17. The van der Waals surface area contributed by atoms with Gasteiger partial charge in [0.1, 0.15) is 5.69 Å². The summed E-state index contributed by atoms with van der Waals surface area (Å²) >= 11 is 0. The zero-order chi connectivity index (χ0) is 18.6. The molecule has 1 saturated heterocycles. The Hall–Kier alpha value is -3.33. The fraction of sp³-hybridized carbons (Fsp3) is 0.278. The van der Waals surface area contributed by atoms with Gasteiger partial charge in [-0.3, -0.25) is 9.78 Å². The van der Waals surface area contributed by atoms with E-state index in [1.54, 1.807) is 40.2 Å². The van der Waals surface area contributed by atoms with E-state index in [9.17, 15) is 4.79 Å². The van der Waals surface area contributed by atoms with Gasteiger partial charge in [-0.2, -0.15) is 5.10 Å². The van der Waals surface area contributed by atoms with Gasteiger partial charge in [-0.05, 0) is 24.3 Å². The van der Waals surface area contributed by atoms with Crippen LogP contribution in [0, 0.1) is 0 Å². The van der Waals surface area contributed by atoms with Crippen molar-refractivity contribution in [2.24, 2.45) is 0 Å². The second-order valence-electron chi connectivity index (χ2n) is 5.90. The number of carbonyl (C=O) groups is 1. The first kappa shape index (κ1) is 17.1. The monoisotopic (exact) mass is 366 g/mol. The number of methoxy groups -OCH3 is 1. The third kappa shape index (κ3) is 3.49. The fourth-order valence-electron chi connectivity index (χ4n) is 2.84.